The molecular formula is C31H35ClN4O7S. The predicted molar refractivity (Wildman–Crippen MR) is 162 cm³/mol. The molecule has 0 unspecified atom stereocenters. The van der Waals surface area contributed by atoms with Crippen LogP contribution in [0.15, 0.2) is 70.2 Å². The highest BCUT2D eigenvalue weighted by Gasteiger charge is 2.37. The Hall–Kier alpha value is -3.74. The Balaban J connectivity index is 1.28. The third kappa shape index (κ3) is 7.48. The van der Waals surface area contributed by atoms with Crippen LogP contribution in [0, 0.1) is 11.1 Å². The molecule has 2 fully saturated rings. The number of hydrogen-bond donors (Lipinski definition) is 2. The zero-order chi connectivity index (χ0) is 31.3. The first-order valence-electron chi connectivity index (χ1n) is 14.8. The van der Waals surface area contributed by atoms with Gasteiger partial charge in [0, 0.05) is 29.3 Å². The first-order chi connectivity index (χ1) is 21.1. The molecule has 2 atom stereocenters. The number of amides is 2. The Labute approximate surface area is 261 Å². The van der Waals surface area contributed by atoms with E-state index in [2.05, 4.69) is 10.6 Å². The fraction of sp³-hybridized carbons (Fsp3) is 0.419. The molecule has 11 nitrogen and oxygen atoms in total. The molecule has 0 radical (unpaired) electrons. The van der Waals surface area contributed by atoms with Gasteiger partial charge in [-0.2, -0.15) is 9.04 Å². The predicted octanol–water partition coefficient (Wildman–Crippen LogP) is 3.84. The molecule has 5 rings (SSSR count). The fourth-order valence-corrected chi connectivity index (χ4v) is 7.41. The van der Waals surface area contributed by atoms with Gasteiger partial charge in [-0.3, -0.25) is 14.4 Å². The molecule has 2 amide bonds. The number of Topliss-reactive ketones (excluding diaryl/α,β-unsaturated/α-hetero) is 1. The zero-order valence-corrected chi connectivity index (χ0v) is 25.7. The Morgan fingerprint density at radius 3 is 2.50 bits per heavy atom. The van der Waals surface area contributed by atoms with Crippen molar-refractivity contribution in [1.29, 1.82) is 0 Å². The van der Waals surface area contributed by atoms with E-state index in [0.717, 1.165) is 48.2 Å². The fourth-order valence-electron chi connectivity index (χ4n) is 5.82. The van der Waals surface area contributed by atoms with Crippen LogP contribution in [-0.4, -0.2) is 55.5 Å². The average Bonchev–Trinajstić information content (AvgIpc) is 3.43. The standard InChI is InChI=1S/C31H35ClN4O7S/c32-23-13-11-22(12-14-23)27-15-16-28(43-27)31(39)34-25(19-21-7-2-1-3-8-21)30(38)33-24-9-6-17-35(20-26(24)37)44(41,42)29-10-4-5-18-36(29)40/h4-5,10-16,18,21,24-25H,1-3,6-9,17,19-20H2,(H,33,38)(H,34,39)/t24-,25-/m0/s1. The molecule has 2 aliphatic rings. The first kappa shape index (κ1) is 31.7. The van der Waals surface area contributed by atoms with Gasteiger partial charge in [0.1, 0.15) is 11.8 Å². The highest BCUT2D eigenvalue weighted by Crippen LogP contribution is 2.28. The molecule has 0 spiro atoms. The Bertz CT molecular complexity index is 1600. The SMILES string of the molecule is O=C(N[C@@H](CC1CCCCC1)C(=O)N[C@H]1CCCN(S(=O)(=O)c2cccc[n+]2[O-])CC1=O)c1ccc(-c2ccc(Cl)cc2)o1. The number of rotatable bonds is 9. The summed E-state index contributed by atoms with van der Waals surface area (Å²) >= 11 is 5.97. The van der Waals surface area contributed by atoms with Crippen LogP contribution in [0.1, 0.15) is 61.9 Å². The van der Waals surface area contributed by atoms with Crippen molar-refractivity contribution in [2.75, 3.05) is 13.1 Å². The van der Waals surface area contributed by atoms with Crippen LogP contribution in [0.3, 0.4) is 0 Å². The molecule has 1 saturated heterocycles. The molecule has 1 aliphatic carbocycles. The third-order valence-corrected chi connectivity index (χ3v) is 10.3. The van der Waals surface area contributed by atoms with Gasteiger partial charge in [0.2, 0.25) is 5.91 Å². The monoisotopic (exact) mass is 642 g/mol. The van der Waals surface area contributed by atoms with Crippen molar-refractivity contribution in [3.05, 3.63) is 76.8 Å². The molecule has 1 aromatic carbocycles. The number of benzene rings is 1. The Morgan fingerprint density at radius 1 is 1.02 bits per heavy atom. The molecular weight excluding hydrogens is 608 g/mol. The van der Waals surface area contributed by atoms with Gasteiger partial charge in [0.15, 0.2) is 17.7 Å². The molecule has 13 heteroatoms. The van der Waals surface area contributed by atoms with Crippen molar-refractivity contribution < 1.29 is 31.9 Å². The normalized spacial score (nSPS) is 19.2. The quantitative estimate of drug-likeness (QED) is 0.266. The number of carbonyl (C=O) groups is 3. The van der Waals surface area contributed by atoms with Crippen LogP contribution in [0.2, 0.25) is 5.02 Å². The van der Waals surface area contributed by atoms with E-state index in [0.29, 0.717) is 23.6 Å². The molecule has 2 N–H and O–H groups in total. The van der Waals surface area contributed by atoms with E-state index in [9.17, 15) is 28.0 Å². The number of nitrogens with zero attached hydrogens (tertiary/aromatic N) is 2. The summed E-state index contributed by atoms with van der Waals surface area (Å²) in [5.74, 6) is -0.811. The molecule has 0 bridgehead atoms. The highest BCUT2D eigenvalue weighted by molar-refractivity contribution is 7.89. The number of furan rings is 1. The van der Waals surface area contributed by atoms with E-state index in [1.165, 1.54) is 24.3 Å². The second-order valence-corrected chi connectivity index (χ2v) is 13.6. The van der Waals surface area contributed by atoms with Crippen LogP contribution in [0.5, 0.6) is 0 Å². The van der Waals surface area contributed by atoms with E-state index >= 15 is 0 Å². The van der Waals surface area contributed by atoms with E-state index in [1.54, 1.807) is 30.3 Å². The molecule has 44 heavy (non-hydrogen) atoms. The number of halogens is 1. The van der Waals surface area contributed by atoms with Gasteiger partial charge in [0.25, 0.3) is 5.91 Å². The lowest BCUT2D eigenvalue weighted by Gasteiger charge is -2.27. The minimum Gasteiger partial charge on any atom is -0.618 e. The number of aromatic nitrogens is 1. The summed E-state index contributed by atoms with van der Waals surface area (Å²) in [4.78, 5) is 40.1. The summed E-state index contributed by atoms with van der Waals surface area (Å²) in [6.45, 7) is -0.465. The largest absolute Gasteiger partial charge is 0.618 e. The van der Waals surface area contributed by atoms with Gasteiger partial charge in [-0.05, 0) is 67.6 Å². The van der Waals surface area contributed by atoms with Gasteiger partial charge >= 0.3 is 15.0 Å². The van der Waals surface area contributed by atoms with Gasteiger partial charge < -0.3 is 20.3 Å². The Kier molecular flexibility index (Phi) is 10.0. The summed E-state index contributed by atoms with van der Waals surface area (Å²) in [7, 11) is -4.23. The van der Waals surface area contributed by atoms with Crippen LogP contribution in [-0.2, 0) is 19.6 Å². The van der Waals surface area contributed by atoms with Crippen molar-refractivity contribution in [1.82, 2.24) is 14.9 Å². The molecule has 2 aromatic heterocycles. The van der Waals surface area contributed by atoms with Crippen LogP contribution < -0.4 is 15.4 Å². The molecule has 1 saturated carbocycles. The zero-order valence-electron chi connectivity index (χ0n) is 24.1. The minimum atomic E-state index is -4.23. The number of carbonyl (C=O) groups excluding carboxylic acids is 3. The van der Waals surface area contributed by atoms with Crippen molar-refractivity contribution in [3.8, 4) is 11.3 Å². The van der Waals surface area contributed by atoms with Gasteiger partial charge in [-0.15, -0.1) is 0 Å². The van der Waals surface area contributed by atoms with Crippen molar-refractivity contribution in [2.45, 2.75) is 68.5 Å². The number of pyridine rings is 1. The number of sulfonamides is 1. The second kappa shape index (κ2) is 13.9. The third-order valence-electron chi connectivity index (χ3n) is 8.20. The van der Waals surface area contributed by atoms with E-state index in [4.69, 9.17) is 16.0 Å². The summed E-state index contributed by atoms with van der Waals surface area (Å²) in [6, 6.07) is 12.4. The van der Waals surface area contributed by atoms with Gasteiger partial charge in [-0.25, -0.2) is 8.42 Å². The summed E-state index contributed by atoms with van der Waals surface area (Å²) in [6.07, 6.45) is 7.10. The number of hydrogen-bond acceptors (Lipinski definition) is 7. The maximum Gasteiger partial charge on any atom is 0.323 e. The molecule has 3 aromatic rings. The van der Waals surface area contributed by atoms with Crippen molar-refractivity contribution >= 4 is 39.2 Å². The average molecular weight is 643 g/mol. The minimum absolute atomic E-state index is 0.0199. The van der Waals surface area contributed by atoms with Gasteiger partial charge in [-0.1, -0.05) is 43.7 Å². The van der Waals surface area contributed by atoms with Gasteiger partial charge in [0.05, 0.1) is 12.6 Å². The van der Waals surface area contributed by atoms with Crippen LogP contribution in [0.4, 0.5) is 0 Å². The smallest absolute Gasteiger partial charge is 0.323 e. The molecule has 3 heterocycles. The summed E-state index contributed by atoms with van der Waals surface area (Å²) < 4.78 is 33.3. The number of ketones is 1. The Morgan fingerprint density at radius 2 is 1.77 bits per heavy atom. The lowest BCUT2D eigenvalue weighted by molar-refractivity contribution is -0.646. The van der Waals surface area contributed by atoms with E-state index in [1.807, 2.05) is 0 Å². The van der Waals surface area contributed by atoms with Crippen molar-refractivity contribution in [2.24, 2.45) is 5.92 Å². The maximum atomic E-state index is 13.6. The van der Waals surface area contributed by atoms with E-state index < -0.39 is 51.3 Å². The first-order valence-corrected chi connectivity index (χ1v) is 16.6. The topological polar surface area (TPSA) is 153 Å². The second-order valence-electron chi connectivity index (χ2n) is 11.3. The molecule has 1 aliphatic heterocycles. The number of nitrogens with one attached hydrogen (secondary N) is 2. The van der Waals surface area contributed by atoms with Crippen molar-refractivity contribution in [3.63, 3.8) is 0 Å². The summed E-state index contributed by atoms with van der Waals surface area (Å²) in [5.41, 5.74) is 0.741. The molecule has 234 valence electrons. The summed E-state index contributed by atoms with van der Waals surface area (Å²) in [5, 5.41) is 17.8. The lowest BCUT2D eigenvalue weighted by atomic mass is 9.84. The highest BCUT2D eigenvalue weighted by atomic mass is 35.5. The van der Waals surface area contributed by atoms with Crippen LogP contribution >= 0.6 is 11.6 Å². The van der Waals surface area contributed by atoms with Crippen LogP contribution in [0.25, 0.3) is 11.3 Å². The lowest BCUT2D eigenvalue weighted by Crippen LogP contribution is -2.53. The van der Waals surface area contributed by atoms with E-state index in [-0.39, 0.29) is 29.4 Å². The maximum absolute atomic E-state index is 13.6.